The fourth-order valence-electron chi connectivity index (χ4n) is 10.5. The van der Waals surface area contributed by atoms with E-state index in [0.717, 1.165) is 135 Å². The van der Waals surface area contributed by atoms with E-state index in [0.29, 0.717) is 38.5 Å². The summed E-state index contributed by atoms with van der Waals surface area (Å²) in [5, 5.41) is 10.7. The number of unbranched alkanes of at least 4 members (excludes halogenated alkanes) is 22. The first-order valence-electron chi connectivity index (χ1n) is 41.4. The molecule has 0 saturated heterocycles. The van der Waals surface area contributed by atoms with Crippen LogP contribution >= 0.6 is 15.6 Å². The van der Waals surface area contributed by atoms with Crippen molar-refractivity contribution in [2.24, 2.45) is 0 Å². The third-order valence-corrected chi connectivity index (χ3v) is 18.6. The number of rotatable bonds is 76. The average molecular weight is 1550 g/mol. The minimum atomic E-state index is -5.01. The zero-order valence-electron chi connectivity index (χ0n) is 67.2. The molecule has 0 aromatic carbocycles. The molecule has 0 rings (SSSR count). The van der Waals surface area contributed by atoms with Gasteiger partial charge >= 0.3 is 39.5 Å². The summed E-state index contributed by atoms with van der Waals surface area (Å²) in [7, 11) is -10.0. The Morgan fingerprint density at radius 3 is 0.796 bits per heavy atom. The summed E-state index contributed by atoms with van der Waals surface area (Å²) in [5.74, 6) is -2.39. The second kappa shape index (κ2) is 79.5. The molecule has 108 heavy (non-hydrogen) atoms. The van der Waals surface area contributed by atoms with Crippen molar-refractivity contribution >= 4 is 39.5 Å². The zero-order chi connectivity index (χ0) is 78.9. The van der Waals surface area contributed by atoms with Crippen LogP contribution in [0.3, 0.4) is 0 Å². The monoisotopic (exact) mass is 1550 g/mol. The van der Waals surface area contributed by atoms with Crippen molar-refractivity contribution < 1.29 is 80.2 Å². The number of hydrogen-bond acceptors (Lipinski definition) is 15. The summed E-state index contributed by atoms with van der Waals surface area (Å²) < 4.78 is 68.5. The van der Waals surface area contributed by atoms with Gasteiger partial charge in [0.1, 0.15) is 19.3 Å². The smallest absolute Gasteiger partial charge is 0.462 e. The summed E-state index contributed by atoms with van der Waals surface area (Å²) in [6.07, 6.45) is 95.0. The normalized spacial score (nSPS) is 14.7. The van der Waals surface area contributed by atoms with Crippen molar-refractivity contribution in [2.75, 3.05) is 39.6 Å². The van der Waals surface area contributed by atoms with E-state index >= 15 is 0 Å². The van der Waals surface area contributed by atoms with Crippen LogP contribution in [-0.2, 0) is 65.4 Å². The highest BCUT2D eigenvalue weighted by Gasteiger charge is 2.30. The number of phosphoric ester groups is 2. The predicted molar refractivity (Wildman–Crippen MR) is 445 cm³/mol. The molecule has 5 unspecified atom stereocenters. The predicted octanol–water partition coefficient (Wildman–Crippen LogP) is 24.6. The Kier molecular flexibility index (Phi) is 75.4. The molecule has 0 aromatic heterocycles. The van der Waals surface area contributed by atoms with Crippen LogP contribution in [0.1, 0.15) is 310 Å². The quantitative estimate of drug-likeness (QED) is 0.0169. The number of carbonyl (C=O) groups is 4. The number of phosphoric acid groups is 2. The van der Waals surface area contributed by atoms with Crippen LogP contribution in [0.25, 0.3) is 0 Å². The lowest BCUT2D eigenvalue weighted by Crippen LogP contribution is -2.30. The molecule has 17 nitrogen and oxygen atoms in total. The molecule has 0 aliphatic rings. The van der Waals surface area contributed by atoms with E-state index < -0.39 is 97.5 Å². The number of allylic oxidation sites excluding steroid dienone is 28. The van der Waals surface area contributed by atoms with Gasteiger partial charge in [0.15, 0.2) is 12.2 Å². The van der Waals surface area contributed by atoms with Gasteiger partial charge in [0.05, 0.1) is 26.4 Å². The molecule has 0 bridgehead atoms. The minimum absolute atomic E-state index is 0.0267. The Labute approximate surface area is 654 Å². The zero-order valence-corrected chi connectivity index (χ0v) is 69.0. The minimum Gasteiger partial charge on any atom is -0.462 e. The second-order valence-electron chi connectivity index (χ2n) is 27.0. The number of hydrogen-bond donors (Lipinski definition) is 3. The van der Waals surface area contributed by atoms with Gasteiger partial charge in [-0.15, -0.1) is 0 Å². The fourth-order valence-corrected chi connectivity index (χ4v) is 12.1. The van der Waals surface area contributed by atoms with Crippen molar-refractivity contribution in [1.82, 2.24) is 0 Å². The number of esters is 4. The Morgan fingerprint density at radius 2 is 0.500 bits per heavy atom. The van der Waals surface area contributed by atoms with Crippen LogP contribution in [0.2, 0.25) is 0 Å². The van der Waals surface area contributed by atoms with Crippen molar-refractivity contribution in [3.05, 3.63) is 170 Å². The number of aliphatic hydroxyl groups excluding tert-OH is 1. The highest BCUT2D eigenvalue weighted by atomic mass is 31.2. The highest BCUT2D eigenvalue weighted by molar-refractivity contribution is 7.47. The Bertz CT molecular complexity index is 2710. The lowest BCUT2D eigenvalue weighted by molar-refractivity contribution is -0.161. The largest absolute Gasteiger partial charge is 0.472 e. The molecule has 614 valence electrons. The van der Waals surface area contributed by atoms with Gasteiger partial charge in [-0.1, -0.05) is 320 Å². The maximum absolute atomic E-state index is 13.1. The summed E-state index contributed by atoms with van der Waals surface area (Å²) in [6.45, 7) is 4.45. The molecule has 0 spiro atoms. The van der Waals surface area contributed by atoms with E-state index in [-0.39, 0.29) is 25.7 Å². The molecule has 0 amide bonds. The Balaban J connectivity index is 5.51. The molecule has 0 aliphatic heterocycles. The number of ether oxygens (including phenoxy) is 4. The molecule has 0 heterocycles. The Hall–Kier alpha value is -5.58. The first-order valence-corrected chi connectivity index (χ1v) is 44.4. The van der Waals surface area contributed by atoms with Gasteiger partial charge in [0.25, 0.3) is 0 Å². The van der Waals surface area contributed by atoms with Crippen LogP contribution in [0.4, 0.5) is 0 Å². The maximum Gasteiger partial charge on any atom is 0.472 e. The van der Waals surface area contributed by atoms with Crippen molar-refractivity contribution in [2.45, 2.75) is 329 Å². The highest BCUT2D eigenvalue weighted by Crippen LogP contribution is 2.45. The van der Waals surface area contributed by atoms with Crippen LogP contribution in [0.15, 0.2) is 170 Å². The van der Waals surface area contributed by atoms with E-state index in [1.54, 1.807) is 0 Å². The average Bonchev–Trinajstić information content (AvgIpc) is 0.923. The van der Waals surface area contributed by atoms with Crippen LogP contribution < -0.4 is 0 Å². The van der Waals surface area contributed by atoms with E-state index in [4.69, 9.17) is 37.0 Å². The standard InChI is InChI=1S/C89H146O17P2/c1-5-9-13-17-21-25-29-33-37-39-41-43-47-49-53-57-61-65-69-73-86(91)99-79-84(105-88(93)75-71-67-63-59-55-51-45-35-31-27-23-19-15-11-7-3)81-103-107(95,96)101-77-83(90)78-102-108(97,98)104-82-85(106-89(94)76-72-68-64-60-56-52-46-36-32-28-24-20-16-12-8-4)80-100-87(92)74-70-66-62-58-54-50-48-44-42-40-38-34-30-26-22-18-14-10-6-2/h9-10,13-14,21-23,25-27,33-35,37-38,41-45,49-50,53-54,61-62,65-66,83-85,90H,5-8,11-12,15-20,24,28-32,36,39-40,46-48,51-52,55-60,63-64,67-82H2,1-4H3,(H,95,96)(H,97,98)/b13-9-,14-10-,25-21-,26-22-,27-23-,37-33-,38-34-,43-41-,44-42-,45-35-,53-49-,54-50-,65-61-,66-62-. The van der Waals surface area contributed by atoms with Gasteiger partial charge in [0, 0.05) is 25.7 Å². The molecule has 0 fully saturated rings. The van der Waals surface area contributed by atoms with Gasteiger partial charge < -0.3 is 33.8 Å². The maximum atomic E-state index is 13.1. The van der Waals surface area contributed by atoms with E-state index in [2.05, 4.69) is 161 Å². The van der Waals surface area contributed by atoms with Crippen LogP contribution in [-0.4, -0.2) is 96.7 Å². The molecule has 0 radical (unpaired) electrons. The third kappa shape index (κ3) is 78.5. The van der Waals surface area contributed by atoms with Gasteiger partial charge in [-0.25, -0.2) is 9.13 Å². The topological polar surface area (TPSA) is 237 Å². The molecule has 0 aromatic rings. The molecule has 0 saturated carbocycles. The van der Waals surface area contributed by atoms with E-state index in [1.807, 2.05) is 36.5 Å². The van der Waals surface area contributed by atoms with Crippen molar-refractivity contribution in [1.29, 1.82) is 0 Å². The van der Waals surface area contributed by atoms with Gasteiger partial charge in [0.2, 0.25) is 0 Å². The SMILES string of the molecule is CC/C=C\C/C=C\C/C=C\C/C=C\C/C=C\C/C=C\CCC(=O)OCC(COP(=O)(O)OCC(O)COP(=O)(O)OCC(COC(=O)CC/C=C\C/C=C\C/C=C\C/C=C\C/C=C\C/C=C\CC)OC(=O)CCCCCCCCCCCCCCCCC)OC(=O)CCCCCCC/C=C\C/C=C\CCCCC. The first kappa shape index (κ1) is 102. The Morgan fingerprint density at radius 1 is 0.269 bits per heavy atom. The first-order chi connectivity index (χ1) is 52.7. The summed E-state index contributed by atoms with van der Waals surface area (Å²) in [4.78, 5) is 73.1. The van der Waals surface area contributed by atoms with E-state index in [1.165, 1.54) is 83.5 Å². The summed E-state index contributed by atoms with van der Waals surface area (Å²) in [6, 6.07) is 0. The summed E-state index contributed by atoms with van der Waals surface area (Å²) in [5.41, 5.74) is 0. The molecular formula is C89H146O17P2. The number of carbonyl (C=O) groups excluding carboxylic acids is 4. The second-order valence-corrected chi connectivity index (χ2v) is 29.9. The number of aliphatic hydroxyl groups is 1. The van der Waals surface area contributed by atoms with Crippen LogP contribution in [0.5, 0.6) is 0 Å². The molecule has 3 N–H and O–H groups in total. The molecular weight excluding hydrogens is 1400 g/mol. The van der Waals surface area contributed by atoms with Gasteiger partial charge in [-0.3, -0.25) is 37.3 Å². The fraction of sp³-hybridized carbons (Fsp3) is 0.640. The van der Waals surface area contributed by atoms with Crippen molar-refractivity contribution in [3.8, 4) is 0 Å². The van der Waals surface area contributed by atoms with Crippen LogP contribution in [0, 0.1) is 0 Å². The van der Waals surface area contributed by atoms with Crippen molar-refractivity contribution in [3.63, 3.8) is 0 Å². The lowest BCUT2D eigenvalue weighted by Gasteiger charge is -2.21. The molecule has 5 atom stereocenters. The van der Waals surface area contributed by atoms with E-state index in [9.17, 15) is 43.2 Å². The molecule has 19 heteroatoms. The lowest BCUT2D eigenvalue weighted by atomic mass is 10.0. The van der Waals surface area contributed by atoms with Gasteiger partial charge in [-0.2, -0.15) is 0 Å². The third-order valence-electron chi connectivity index (χ3n) is 16.7. The summed E-state index contributed by atoms with van der Waals surface area (Å²) >= 11 is 0. The molecule has 0 aliphatic carbocycles. The van der Waals surface area contributed by atoms with Gasteiger partial charge in [-0.05, 0) is 135 Å².